The maximum absolute atomic E-state index is 5.83. The van der Waals surface area contributed by atoms with Crippen LogP contribution >= 0.6 is 0 Å². The summed E-state index contributed by atoms with van der Waals surface area (Å²) in [5, 5.41) is -0.122. The summed E-state index contributed by atoms with van der Waals surface area (Å²) in [7, 11) is 10.1. The van der Waals surface area contributed by atoms with Crippen molar-refractivity contribution in [2.24, 2.45) is 0 Å². The summed E-state index contributed by atoms with van der Waals surface area (Å²) in [6, 6.07) is 1.06. The lowest BCUT2D eigenvalue weighted by atomic mass is 10.0. The Balaban J connectivity index is 0. The maximum Gasteiger partial charge on any atom is 0.370 e. The molecule has 6 heteroatoms. The number of halogens is 1. The number of methoxy groups -OCH3 is 1. The molecule has 1 rings (SSSR count). The SMILES string of the molecule is CCCC1(OC)CCCC[Si]1(OC)OC.CCCCCCCCCCCCCCCC[N+](C)(C)C.[Cl-]. The van der Waals surface area contributed by atoms with E-state index >= 15 is 0 Å². The van der Waals surface area contributed by atoms with Crippen molar-refractivity contribution < 1.29 is 30.5 Å². The van der Waals surface area contributed by atoms with E-state index < -0.39 is 8.56 Å². The van der Waals surface area contributed by atoms with Crippen molar-refractivity contribution in [3.05, 3.63) is 0 Å². The molecular formula is C30H66ClNO3Si. The Kier molecular flexibility index (Phi) is 24.9. The molecule has 0 aromatic heterocycles. The Morgan fingerprint density at radius 2 is 1.08 bits per heavy atom. The molecule has 0 bridgehead atoms. The first-order valence-electron chi connectivity index (χ1n) is 15.2. The normalized spacial score (nSPS) is 19.3. The van der Waals surface area contributed by atoms with Crippen LogP contribution in [0, 0.1) is 0 Å². The molecule has 0 aromatic rings. The zero-order valence-electron chi connectivity index (χ0n) is 25.9. The molecule has 0 amide bonds. The van der Waals surface area contributed by atoms with Gasteiger partial charge in [0.1, 0.15) is 5.22 Å². The minimum absolute atomic E-state index is 0. The minimum atomic E-state index is -2.15. The summed E-state index contributed by atoms with van der Waals surface area (Å²) in [6.45, 7) is 5.82. The van der Waals surface area contributed by atoms with E-state index in [1.807, 2.05) is 0 Å². The third kappa shape index (κ3) is 16.3. The smallest absolute Gasteiger partial charge is 0.370 e. The number of quaternary nitrogens is 1. The minimum Gasteiger partial charge on any atom is -1.00 e. The topological polar surface area (TPSA) is 27.7 Å². The molecule has 4 nitrogen and oxygen atoms in total. The van der Waals surface area contributed by atoms with Crippen LogP contribution in [-0.4, -0.2) is 67.3 Å². The van der Waals surface area contributed by atoms with E-state index in [0.29, 0.717) is 0 Å². The number of rotatable bonds is 20. The highest BCUT2D eigenvalue weighted by molar-refractivity contribution is 6.70. The number of hydrogen-bond donors (Lipinski definition) is 0. The predicted molar refractivity (Wildman–Crippen MR) is 156 cm³/mol. The molecule has 1 saturated heterocycles. The van der Waals surface area contributed by atoms with Crippen LogP contribution in [0.4, 0.5) is 0 Å². The highest BCUT2D eigenvalue weighted by Crippen LogP contribution is 2.42. The summed E-state index contributed by atoms with van der Waals surface area (Å²) in [5.74, 6) is 0. The fourth-order valence-electron chi connectivity index (χ4n) is 5.71. The zero-order chi connectivity index (χ0) is 26.5. The average molecular weight is 552 g/mol. The molecule has 0 radical (unpaired) electrons. The maximum atomic E-state index is 5.83. The Morgan fingerprint density at radius 3 is 1.44 bits per heavy atom. The molecule has 0 N–H and O–H groups in total. The van der Waals surface area contributed by atoms with Crippen LogP contribution < -0.4 is 12.4 Å². The van der Waals surface area contributed by atoms with Crippen LogP contribution in [0.15, 0.2) is 0 Å². The standard InChI is InChI=1S/C19H42N.C11H24O3Si.ClH/c1-5-6-7-8-9-10-11-12-13-14-15-16-17-18-19-20(2,3)4;1-5-8-11(12-2)9-6-7-10-15(11,13-3)14-4;/h5-19H2,1-4H3;5-10H2,1-4H3;1H/q+1;;/p-1. The molecule has 36 heavy (non-hydrogen) atoms. The van der Waals surface area contributed by atoms with Crippen LogP contribution in [0.2, 0.25) is 6.04 Å². The predicted octanol–water partition coefficient (Wildman–Crippen LogP) is 5.81. The second kappa shape index (κ2) is 23.3. The number of hydrogen-bond acceptors (Lipinski definition) is 3. The van der Waals surface area contributed by atoms with Gasteiger partial charge in [-0.1, -0.05) is 110 Å². The van der Waals surface area contributed by atoms with Crippen LogP contribution in [0.3, 0.4) is 0 Å². The van der Waals surface area contributed by atoms with Crippen molar-refractivity contribution in [3.8, 4) is 0 Å². The molecule has 220 valence electrons. The van der Waals surface area contributed by atoms with Gasteiger partial charge >= 0.3 is 8.56 Å². The van der Waals surface area contributed by atoms with Gasteiger partial charge in [0.25, 0.3) is 0 Å². The fourth-order valence-corrected chi connectivity index (χ4v) is 9.70. The van der Waals surface area contributed by atoms with Gasteiger partial charge < -0.3 is 30.5 Å². The molecule has 0 aliphatic carbocycles. The summed E-state index contributed by atoms with van der Waals surface area (Å²) >= 11 is 0. The largest absolute Gasteiger partial charge is 1.00 e. The lowest BCUT2D eigenvalue weighted by molar-refractivity contribution is -0.870. The van der Waals surface area contributed by atoms with Crippen LogP contribution in [0.5, 0.6) is 0 Å². The quantitative estimate of drug-likeness (QED) is 0.109. The Labute approximate surface area is 234 Å². The van der Waals surface area contributed by atoms with E-state index in [4.69, 9.17) is 13.6 Å². The Bertz CT molecular complexity index is 468. The molecule has 0 spiro atoms. The van der Waals surface area contributed by atoms with E-state index in [9.17, 15) is 0 Å². The number of nitrogens with zero attached hydrogens (tertiary/aromatic N) is 1. The zero-order valence-corrected chi connectivity index (χ0v) is 27.7. The monoisotopic (exact) mass is 551 g/mol. The van der Waals surface area contributed by atoms with Crippen molar-refractivity contribution in [2.45, 2.75) is 147 Å². The van der Waals surface area contributed by atoms with Crippen molar-refractivity contribution in [1.82, 2.24) is 0 Å². The molecule has 0 saturated carbocycles. The Hall–Kier alpha value is 0.347. The van der Waals surface area contributed by atoms with Gasteiger partial charge in [-0.05, 0) is 31.7 Å². The lowest BCUT2D eigenvalue weighted by Gasteiger charge is -2.47. The lowest BCUT2D eigenvalue weighted by Crippen LogP contribution is -3.00. The highest BCUT2D eigenvalue weighted by atomic mass is 35.5. The first kappa shape index (κ1) is 38.5. The van der Waals surface area contributed by atoms with Gasteiger partial charge in [-0.25, -0.2) is 0 Å². The van der Waals surface area contributed by atoms with Gasteiger partial charge in [0.15, 0.2) is 0 Å². The van der Waals surface area contributed by atoms with Gasteiger partial charge in [0.2, 0.25) is 0 Å². The van der Waals surface area contributed by atoms with Crippen molar-refractivity contribution in [1.29, 1.82) is 0 Å². The van der Waals surface area contributed by atoms with Gasteiger partial charge in [-0.15, -0.1) is 0 Å². The van der Waals surface area contributed by atoms with Crippen molar-refractivity contribution in [3.63, 3.8) is 0 Å². The van der Waals surface area contributed by atoms with Crippen LogP contribution in [-0.2, 0) is 13.6 Å². The second-order valence-electron chi connectivity index (χ2n) is 11.9. The van der Waals surface area contributed by atoms with Gasteiger partial charge in [0, 0.05) is 21.3 Å². The summed E-state index contributed by atoms with van der Waals surface area (Å²) in [4.78, 5) is 0. The third-order valence-electron chi connectivity index (χ3n) is 7.92. The highest BCUT2D eigenvalue weighted by Gasteiger charge is 2.58. The van der Waals surface area contributed by atoms with E-state index in [0.717, 1.165) is 29.8 Å². The van der Waals surface area contributed by atoms with Crippen molar-refractivity contribution in [2.75, 3.05) is 49.0 Å². The van der Waals surface area contributed by atoms with Crippen LogP contribution in [0.1, 0.15) is 136 Å². The molecule has 1 fully saturated rings. The van der Waals surface area contributed by atoms with E-state index in [1.54, 1.807) is 21.3 Å². The molecule has 0 aromatic carbocycles. The molecule has 1 heterocycles. The average Bonchev–Trinajstić information content (AvgIpc) is 2.84. The number of ether oxygens (including phenoxy) is 1. The number of unbranched alkanes of at least 4 members (excludes halogenated alkanes) is 13. The van der Waals surface area contributed by atoms with Crippen LogP contribution in [0.25, 0.3) is 0 Å². The first-order valence-corrected chi connectivity index (χ1v) is 17.2. The van der Waals surface area contributed by atoms with Gasteiger partial charge in [-0.3, -0.25) is 0 Å². The summed E-state index contributed by atoms with van der Waals surface area (Å²) in [5.41, 5.74) is 0. The second-order valence-corrected chi connectivity index (χ2v) is 15.7. The summed E-state index contributed by atoms with van der Waals surface area (Å²) in [6.07, 6.45) is 26.1. The molecular weight excluding hydrogens is 486 g/mol. The van der Waals surface area contributed by atoms with Gasteiger partial charge in [0.05, 0.1) is 27.7 Å². The Morgan fingerprint density at radius 1 is 0.639 bits per heavy atom. The summed E-state index contributed by atoms with van der Waals surface area (Å²) < 4.78 is 18.5. The van der Waals surface area contributed by atoms with E-state index in [1.165, 1.54) is 109 Å². The van der Waals surface area contributed by atoms with Crippen molar-refractivity contribution >= 4 is 8.56 Å². The fraction of sp³-hybridized carbons (Fsp3) is 1.00. The van der Waals surface area contributed by atoms with Gasteiger partial charge in [-0.2, -0.15) is 0 Å². The third-order valence-corrected chi connectivity index (χ3v) is 12.3. The molecule has 1 unspecified atom stereocenters. The van der Waals surface area contributed by atoms with E-state index in [2.05, 4.69) is 35.0 Å². The molecule has 1 aliphatic rings. The van der Waals surface area contributed by atoms with E-state index in [-0.39, 0.29) is 17.6 Å². The first-order chi connectivity index (χ1) is 16.8. The molecule has 1 aliphatic heterocycles. The molecule has 1 atom stereocenters.